The van der Waals surface area contributed by atoms with Crippen LogP contribution in [0.5, 0.6) is 0 Å². The normalized spacial score (nSPS) is 15.8. The van der Waals surface area contributed by atoms with E-state index in [1.807, 2.05) is 0 Å². The van der Waals surface area contributed by atoms with Crippen LogP contribution in [0.3, 0.4) is 0 Å². The Hall–Kier alpha value is -0.800. The standard InChI is InChI=1S/C20H39O9P/c1-2-3-4-5-6-7-8-9-10-11-12-13-20(24)29-19(15-22)17-28-30(25,26)27-16-18(23)14-21/h7-8,18-19,21-23H,2-6,9-17H2,1H3,(H,25,26)/p-1/b8-7-/t18-,19+/m0/s1. The van der Waals surface area contributed by atoms with E-state index in [1.165, 1.54) is 25.7 Å². The zero-order valence-corrected chi connectivity index (χ0v) is 18.8. The summed E-state index contributed by atoms with van der Waals surface area (Å²) in [7, 11) is -4.75. The summed E-state index contributed by atoms with van der Waals surface area (Å²) in [6.07, 6.45) is 11.6. The number of ether oxygens (including phenoxy) is 1. The van der Waals surface area contributed by atoms with Gasteiger partial charge in [-0.05, 0) is 32.1 Å². The molecule has 0 saturated heterocycles. The molecule has 3 N–H and O–H groups in total. The van der Waals surface area contributed by atoms with Crippen molar-refractivity contribution in [1.82, 2.24) is 0 Å². The molecular weight excluding hydrogens is 415 g/mol. The third-order valence-corrected chi connectivity index (χ3v) is 5.13. The summed E-state index contributed by atoms with van der Waals surface area (Å²) >= 11 is 0. The number of carbonyl (C=O) groups is 1. The second kappa shape index (κ2) is 18.9. The molecule has 0 spiro atoms. The van der Waals surface area contributed by atoms with Gasteiger partial charge in [-0.1, -0.05) is 44.8 Å². The van der Waals surface area contributed by atoms with Gasteiger partial charge < -0.3 is 34.0 Å². The summed E-state index contributed by atoms with van der Waals surface area (Å²) < 4.78 is 25.4. The quantitative estimate of drug-likeness (QED) is 0.109. The molecule has 0 rings (SSSR count). The van der Waals surface area contributed by atoms with Gasteiger partial charge in [0.1, 0.15) is 12.2 Å². The molecule has 9 nitrogen and oxygen atoms in total. The first-order chi connectivity index (χ1) is 14.3. The van der Waals surface area contributed by atoms with Gasteiger partial charge in [-0.25, -0.2) is 0 Å². The van der Waals surface area contributed by atoms with E-state index in [-0.39, 0.29) is 6.42 Å². The van der Waals surface area contributed by atoms with Crippen molar-refractivity contribution in [2.75, 3.05) is 26.4 Å². The number of phosphoric acid groups is 1. The summed E-state index contributed by atoms with van der Waals surface area (Å²) in [4.78, 5) is 23.3. The molecule has 0 bridgehead atoms. The second-order valence-electron chi connectivity index (χ2n) is 7.09. The minimum absolute atomic E-state index is 0.172. The van der Waals surface area contributed by atoms with Crippen molar-refractivity contribution < 1.29 is 43.4 Å². The third-order valence-electron chi connectivity index (χ3n) is 4.20. The highest BCUT2D eigenvalue weighted by molar-refractivity contribution is 7.45. The molecule has 0 fully saturated rings. The molecule has 30 heavy (non-hydrogen) atoms. The molecule has 3 atom stereocenters. The summed E-state index contributed by atoms with van der Waals surface area (Å²) in [5, 5.41) is 26.9. The summed E-state index contributed by atoms with van der Waals surface area (Å²) in [5.74, 6) is -0.540. The Labute approximate surface area is 179 Å². The van der Waals surface area contributed by atoms with Gasteiger partial charge in [0.2, 0.25) is 0 Å². The zero-order chi connectivity index (χ0) is 22.7. The minimum Gasteiger partial charge on any atom is -0.756 e. The van der Waals surface area contributed by atoms with E-state index in [1.54, 1.807) is 0 Å². The molecule has 0 heterocycles. The van der Waals surface area contributed by atoms with Crippen LogP contribution < -0.4 is 4.89 Å². The van der Waals surface area contributed by atoms with E-state index in [4.69, 9.17) is 14.9 Å². The smallest absolute Gasteiger partial charge is 0.306 e. The molecular formula is C20H38O9P-. The third kappa shape index (κ3) is 18.0. The number of rotatable bonds is 20. The molecule has 0 aromatic heterocycles. The van der Waals surface area contributed by atoms with Crippen LogP contribution in [0.25, 0.3) is 0 Å². The van der Waals surface area contributed by atoms with Gasteiger partial charge in [0, 0.05) is 6.42 Å². The number of carbonyl (C=O) groups excluding carboxylic acids is 1. The van der Waals surface area contributed by atoms with E-state index in [0.29, 0.717) is 6.42 Å². The lowest BCUT2D eigenvalue weighted by Gasteiger charge is -2.25. The van der Waals surface area contributed by atoms with Crippen LogP contribution in [0, 0.1) is 0 Å². The fourth-order valence-corrected chi connectivity index (χ4v) is 3.22. The summed E-state index contributed by atoms with van der Waals surface area (Å²) in [5.41, 5.74) is 0. The van der Waals surface area contributed by atoms with Crippen molar-refractivity contribution in [3.63, 3.8) is 0 Å². The number of aliphatic hydroxyl groups is 3. The zero-order valence-electron chi connectivity index (χ0n) is 17.9. The van der Waals surface area contributed by atoms with Crippen LogP contribution in [0.2, 0.25) is 0 Å². The molecule has 1 unspecified atom stereocenters. The SMILES string of the molecule is CCCCCC/C=C\CCCCCC(=O)O[C@H](CO)COP(=O)([O-])OC[C@@H](O)CO. The van der Waals surface area contributed by atoms with Crippen molar-refractivity contribution in [2.24, 2.45) is 0 Å². The topological polar surface area (TPSA) is 146 Å². The number of unbranched alkanes of at least 4 members (excludes halogenated alkanes) is 7. The minimum atomic E-state index is -4.75. The summed E-state index contributed by atoms with van der Waals surface area (Å²) in [6, 6.07) is 0. The van der Waals surface area contributed by atoms with E-state index in [2.05, 4.69) is 28.1 Å². The van der Waals surface area contributed by atoms with Crippen molar-refractivity contribution >= 4 is 13.8 Å². The van der Waals surface area contributed by atoms with E-state index in [0.717, 1.165) is 25.7 Å². The predicted molar refractivity (Wildman–Crippen MR) is 111 cm³/mol. The Morgan fingerprint density at radius 3 is 2.13 bits per heavy atom. The lowest BCUT2D eigenvalue weighted by Crippen LogP contribution is -2.28. The molecule has 0 aromatic rings. The van der Waals surface area contributed by atoms with Gasteiger partial charge >= 0.3 is 5.97 Å². The van der Waals surface area contributed by atoms with E-state index < -0.39 is 52.4 Å². The van der Waals surface area contributed by atoms with Gasteiger partial charge in [0.05, 0.1) is 26.4 Å². The molecule has 0 aromatic carbocycles. The molecule has 0 aliphatic rings. The fraction of sp³-hybridized carbons (Fsp3) is 0.850. The van der Waals surface area contributed by atoms with Crippen molar-refractivity contribution in [3.05, 3.63) is 12.2 Å². The van der Waals surface area contributed by atoms with Gasteiger partial charge in [-0.15, -0.1) is 0 Å². The average Bonchev–Trinajstić information content (AvgIpc) is 2.73. The Bertz CT molecular complexity index is 499. The lowest BCUT2D eigenvalue weighted by molar-refractivity contribution is -0.230. The molecule has 0 amide bonds. The molecule has 0 aliphatic carbocycles. The molecule has 10 heteroatoms. The van der Waals surface area contributed by atoms with Gasteiger partial charge in [0.15, 0.2) is 0 Å². The monoisotopic (exact) mass is 453 g/mol. The van der Waals surface area contributed by atoms with E-state index >= 15 is 0 Å². The Balaban J connectivity index is 3.86. The van der Waals surface area contributed by atoms with Gasteiger partial charge in [0.25, 0.3) is 7.82 Å². The Morgan fingerprint density at radius 1 is 0.967 bits per heavy atom. The first-order valence-electron chi connectivity index (χ1n) is 10.7. The highest BCUT2D eigenvalue weighted by Crippen LogP contribution is 2.38. The molecule has 178 valence electrons. The maximum atomic E-state index is 11.8. The van der Waals surface area contributed by atoms with Crippen molar-refractivity contribution in [2.45, 2.75) is 83.3 Å². The highest BCUT2D eigenvalue weighted by Gasteiger charge is 2.19. The van der Waals surface area contributed by atoms with E-state index in [9.17, 15) is 19.4 Å². The Morgan fingerprint density at radius 2 is 1.57 bits per heavy atom. The maximum absolute atomic E-state index is 11.8. The van der Waals surface area contributed by atoms with Crippen LogP contribution in [0.4, 0.5) is 0 Å². The number of hydrogen-bond donors (Lipinski definition) is 3. The van der Waals surface area contributed by atoms with Crippen molar-refractivity contribution in [1.29, 1.82) is 0 Å². The first-order valence-corrected chi connectivity index (χ1v) is 12.1. The predicted octanol–water partition coefficient (Wildman–Crippen LogP) is 2.22. The molecule has 0 aliphatic heterocycles. The van der Waals surface area contributed by atoms with Gasteiger partial charge in [-0.3, -0.25) is 9.36 Å². The van der Waals surface area contributed by atoms with Crippen LogP contribution in [0.15, 0.2) is 12.2 Å². The maximum Gasteiger partial charge on any atom is 0.306 e. The number of esters is 1. The second-order valence-corrected chi connectivity index (χ2v) is 8.50. The van der Waals surface area contributed by atoms with Crippen LogP contribution in [-0.2, 0) is 23.1 Å². The Kier molecular flexibility index (Phi) is 18.4. The highest BCUT2D eigenvalue weighted by atomic mass is 31.2. The lowest BCUT2D eigenvalue weighted by atomic mass is 10.1. The van der Waals surface area contributed by atoms with Crippen LogP contribution in [0.1, 0.15) is 71.1 Å². The largest absolute Gasteiger partial charge is 0.756 e. The molecule has 0 saturated carbocycles. The van der Waals surface area contributed by atoms with Crippen LogP contribution >= 0.6 is 7.82 Å². The number of phosphoric ester groups is 1. The first kappa shape index (κ1) is 29.2. The van der Waals surface area contributed by atoms with Crippen molar-refractivity contribution in [3.8, 4) is 0 Å². The molecule has 0 radical (unpaired) electrons. The van der Waals surface area contributed by atoms with Gasteiger partial charge in [-0.2, -0.15) is 0 Å². The summed E-state index contributed by atoms with van der Waals surface area (Å²) in [6.45, 7) is -0.325. The number of allylic oxidation sites excluding steroid dienone is 2. The fourth-order valence-electron chi connectivity index (χ4n) is 2.44. The number of aliphatic hydroxyl groups excluding tert-OH is 3. The number of hydrogen-bond acceptors (Lipinski definition) is 9. The van der Waals surface area contributed by atoms with Crippen LogP contribution in [-0.4, -0.2) is 59.9 Å². The average molecular weight is 453 g/mol.